The molecule has 1 aromatic rings. The summed E-state index contributed by atoms with van der Waals surface area (Å²) in [6.45, 7) is 3.55. The topological polar surface area (TPSA) is 46.5 Å². The van der Waals surface area contributed by atoms with Gasteiger partial charge in [0.15, 0.2) is 0 Å². The van der Waals surface area contributed by atoms with E-state index in [0.29, 0.717) is 6.42 Å². The summed E-state index contributed by atoms with van der Waals surface area (Å²) in [7, 11) is 1.64. The normalized spacial score (nSPS) is 14.0. The molecular formula is C14H20O3S. The third kappa shape index (κ3) is 5.56. The summed E-state index contributed by atoms with van der Waals surface area (Å²) < 4.78 is 5.16. The molecule has 0 radical (unpaired) electrons. The van der Waals surface area contributed by atoms with Crippen LogP contribution in [-0.4, -0.2) is 29.4 Å². The standard InChI is InChI=1S/C14H20O3S/c1-10(15)7-12(16)8-11(2)18-14-6-4-5-13(9-14)17-3/h4-6,9,11-12,16H,7-8H2,1-3H3. The van der Waals surface area contributed by atoms with Crippen LogP contribution in [0, 0.1) is 0 Å². The molecule has 0 saturated heterocycles. The van der Waals surface area contributed by atoms with Gasteiger partial charge in [0, 0.05) is 16.6 Å². The van der Waals surface area contributed by atoms with Gasteiger partial charge < -0.3 is 9.84 Å². The first-order valence-corrected chi connectivity index (χ1v) is 6.87. The van der Waals surface area contributed by atoms with E-state index in [0.717, 1.165) is 10.6 Å². The number of Topliss-reactive ketones (excluding diaryl/α,β-unsaturated/α-hetero) is 1. The highest BCUT2D eigenvalue weighted by Crippen LogP contribution is 2.28. The summed E-state index contributed by atoms with van der Waals surface area (Å²) in [6.07, 6.45) is 0.306. The molecule has 0 amide bonds. The van der Waals surface area contributed by atoms with Crippen LogP contribution in [0.25, 0.3) is 0 Å². The van der Waals surface area contributed by atoms with Crippen LogP contribution in [-0.2, 0) is 4.79 Å². The molecule has 4 heteroatoms. The summed E-state index contributed by atoms with van der Waals surface area (Å²) in [6, 6.07) is 7.83. The van der Waals surface area contributed by atoms with Crippen molar-refractivity contribution in [2.75, 3.05) is 7.11 Å². The van der Waals surface area contributed by atoms with E-state index in [4.69, 9.17) is 4.74 Å². The molecule has 0 aliphatic carbocycles. The van der Waals surface area contributed by atoms with Crippen molar-refractivity contribution in [3.63, 3.8) is 0 Å². The molecular weight excluding hydrogens is 248 g/mol. The average molecular weight is 268 g/mol. The van der Waals surface area contributed by atoms with Crippen molar-refractivity contribution >= 4 is 17.5 Å². The van der Waals surface area contributed by atoms with Gasteiger partial charge in [-0.2, -0.15) is 0 Å². The van der Waals surface area contributed by atoms with Crippen molar-refractivity contribution in [3.8, 4) is 5.75 Å². The largest absolute Gasteiger partial charge is 0.497 e. The van der Waals surface area contributed by atoms with Gasteiger partial charge in [-0.05, 0) is 31.5 Å². The molecule has 0 aliphatic rings. The molecule has 0 bridgehead atoms. The minimum Gasteiger partial charge on any atom is -0.497 e. The molecule has 1 N–H and O–H groups in total. The average Bonchev–Trinajstić information content (AvgIpc) is 2.27. The van der Waals surface area contributed by atoms with E-state index < -0.39 is 6.10 Å². The van der Waals surface area contributed by atoms with Crippen molar-refractivity contribution in [1.82, 2.24) is 0 Å². The highest BCUT2D eigenvalue weighted by atomic mass is 32.2. The van der Waals surface area contributed by atoms with Gasteiger partial charge in [0.1, 0.15) is 11.5 Å². The van der Waals surface area contributed by atoms with Crippen LogP contribution >= 0.6 is 11.8 Å². The number of aliphatic hydroxyl groups is 1. The van der Waals surface area contributed by atoms with Crippen LogP contribution in [0.3, 0.4) is 0 Å². The van der Waals surface area contributed by atoms with Crippen molar-refractivity contribution in [2.45, 2.75) is 42.9 Å². The molecule has 18 heavy (non-hydrogen) atoms. The number of methoxy groups -OCH3 is 1. The minimum atomic E-state index is -0.546. The van der Waals surface area contributed by atoms with Gasteiger partial charge in [0.2, 0.25) is 0 Å². The fraction of sp³-hybridized carbons (Fsp3) is 0.500. The lowest BCUT2D eigenvalue weighted by Gasteiger charge is -2.15. The summed E-state index contributed by atoms with van der Waals surface area (Å²) in [4.78, 5) is 12.0. The number of ether oxygens (including phenoxy) is 1. The van der Waals surface area contributed by atoms with Crippen molar-refractivity contribution < 1.29 is 14.6 Å². The van der Waals surface area contributed by atoms with Crippen molar-refractivity contribution in [3.05, 3.63) is 24.3 Å². The number of aliphatic hydroxyl groups excluding tert-OH is 1. The molecule has 100 valence electrons. The number of hydrogen-bond donors (Lipinski definition) is 1. The van der Waals surface area contributed by atoms with Crippen molar-refractivity contribution in [1.29, 1.82) is 0 Å². The van der Waals surface area contributed by atoms with E-state index >= 15 is 0 Å². The number of carbonyl (C=O) groups excluding carboxylic acids is 1. The van der Waals surface area contributed by atoms with Gasteiger partial charge in [0.05, 0.1) is 13.2 Å². The Hall–Kier alpha value is -1.00. The Morgan fingerprint density at radius 3 is 2.83 bits per heavy atom. The number of carbonyl (C=O) groups is 1. The predicted molar refractivity (Wildman–Crippen MR) is 74.2 cm³/mol. The molecule has 0 heterocycles. The highest BCUT2D eigenvalue weighted by molar-refractivity contribution is 7.99. The van der Waals surface area contributed by atoms with Gasteiger partial charge in [-0.15, -0.1) is 11.8 Å². The zero-order valence-electron chi connectivity index (χ0n) is 11.1. The molecule has 0 spiro atoms. The van der Waals surface area contributed by atoms with E-state index in [1.54, 1.807) is 18.9 Å². The molecule has 1 aromatic carbocycles. The third-order valence-electron chi connectivity index (χ3n) is 2.51. The monoisotopic (exact) mass is 268 g/mol. The molecule has 2 atom stereocenters. The van der Waals surface area contributed by atoms with Crippen molar-refractivity contribution in [2.24, 2.45) is 0 Å². The molecule has 0 aliphatic heterocycles. The van der Waals surface area contributed by atoms with E-state index in [-0.39, 0.29) is 17.5 Å². The highest BCUT2D eigenvalue weighted by Gasteiger charge is 2.13. The Morgan fingerprint density at radius 1 is 1.50 bits per heavy atom. The fourth-order valence-electron chi connectivity index (χ4n) is 1.75. The maximum absolute atomic E-state index is 10.9. The second-order valence-electron chi connectivity index (χ2n) is 4.40. The summed E-state index contributed by atoms with van der Waals surface area (Å²) >= 11 is 1.68. The number of thioether (sulfide) groups is 1. The number of benzene rings is 1. The Morgan fingerprint density at radius 2 is 2.22 bits per heavy atom. The summed E-state index contributed by atoms with van der Waals surface area (Å²) in [5.74, 6) is 0.859. The fourth-order valence-corrected chi connectivity index (χ4v) is 2.88. The molecule has 1 rings (SSSR count). The van der Waals surface area contributed by atoms with E-state index in [9.17, 15) is 9.90 Å². The van der Waals surface area contributed by atoms with E-state index in [1.807, 2.05) is 31.2 Å². The molecule has 0 saturated carbocycles. The Kier molecular flexibility index (Phi) is 6.22. The maximum atomic E-state index is 10.9. The van der Waals surface area contributed by atoms with Crippen LogP contribution in [0.2, 0.25) is 0 Å². The lowest BCUT2D eigenvalue weighted by molar-refractivity contribution is -0.118. The zero-order valence-corrected chi connectivity index (χ0v) is 11.9. The van der Waals surface area contributed by atoms with Crippen LogP contribution in [0.4, 0.5) is 0 Å². The number of ketones is 1. The lowest BCUT2D eigenvalue weighted by Crippen LogP contribution is -2.16. The number of rotatable bonds is 7. The van der Waals surface area contributed by atoms with E-state index in [1.165, 1.54) is 6.92 Å². The molecule has 0 fully saturated rings. The Balaban J connectivity index is 2.48. The Labute approximate surface area is 113 Å². The smallest absolute Gasteiger partial charge is 0.132 e. The molecule has 0 aromatic heterocycles. The van der Waals surface area contributed by atoms with Gasteiger partial charge in [-0.1, -0.05) is 13.0 Å². The van der Waals surface area contributed by atoms with Crippen LogP contribution in [0.15, 0.2) is 29.2 Å². The van der Waals surface area contributed by atoms with Crippen LogP contribution in [0.1, 0.15) is 26.7 Å². The van der Waals surface area contributed by atoms with Crippen LogP contribution in [0.5, 0.6) is 5.75 Å². The van der Waals surface area contributed by atoms with Crippen LogP contribution < -0.4 is 4.74 Å². The third-order valence-corrected chi connectivity index (χ3v) is 3.63. The quantitative estimate of drug-likeness (QED) is 0.772. The second-order valence-corrected chi connectivity index (χ2v) is 5.91. The van der Waals surface area contributed by atoms with Gasteiger partial charge >= 0.3 is 0 Å². The summed E-state index contributed by atoms with van der Waals surface area (Å²) in [5.41, 5.74) is 0. The first-order chi connectivity index (χ1) is 8.51. The first kappa shape index (κ1) is 15.1. The maximum Gasteiger partial charge on any atom is 0.132 e. The van der Waals surface area contributed by atoms with Gasteiger partial charge in [-0.3, -0.25) is 4.79 Å². The SMILES string of the molecule is COc1cccc(SC(C)CC(O)CC(C)=O)c1. The molecule has 2 unspecified atom stereocenters. The van der Waals surface area contributed by atoms with E-state index in [2.05, 4.69) is 0 Å². The lowest BCUT2D eigenvalue weighted by atomic mass is 10.1. The zero-order chi connectivity index (χ0) is 13.5. The van der Waals surface area contributed by atoms with Gasteiger partial charge in [0.25, 0.3) is 0 Å². The first-order valence-electron chi connectivity index (χ1n) is 5.99. The summed E-state index contributed by atoms with van der Waals surface area (Å²) in [5, 5.41) is 9.97. The minimum absolute atomic E-state index is 0.0288. The Bertz CT molecular complexity index is 392. The predicted octanol–water partition coefficient (Wildman–Crippen LogP) is 2.91. The molecule has 3 nitrogen and oxygen atoms in total. The second kappa shape index (κ2) is 7.44. The van der Waals surface area contributed by atoms with Gasteiger partial charge in [-0.25, -0.2) is 0 Å². The number of hydrogen-bond acceptors (Lipinski definition) is 4.